The Morgan fingerprint density at radius 2 is 1.75 bits per heavy atom. The van der Waals surface area contributed by atoms with E-state index in [1.54, 1.807) is 27.4 Å². The van der Waals surface area contributed by atoms with Gasteiger partial charge in [0.1, 0.15) is 6.04 Å². The lowest BCUT2D eigenvalue weighted by Gasteiger charge is -2.21. The second kappa shape index (κ2) is 12.9. The normalized spacial score (nSPS) is 14.6. The summed E-state index contributed by atoms with van der Waals surface area (Å²) in [6.45, 7) is 5.27. The van der Waals surface area contributed by atoms with Crippen molar-refractivity contribution < 1.29 is 23.8 Å². The van der Waals surface area contributed by atoms with Crippen LogP contribution in [0.1, 0.15) is 44.4 Å². The first-order valence-electron chi connectivity index (χ1n) is 14.4. The predicted octanol–water partition coefficient (Wildman–Crippen LogP) is 5.55. The first-order valence-corrected chi connectivity index (χ1v) is 15.2. The first-order chi connectivity index (χ1) is 21.1. The van der Waals surface area contributed by atoms with E-state index in [0.29, 0.717) is 46.3 Å². The number of rotatable bonds is 9. The minimum Gasteiger partial charge on any atom is -0.493 e. The summed E-state index contributed by atoms with van der Waals surface area (Å²) >= 11 is 1.39. The Balaban J connectivity index is 1.59. The van der Waals surface area contributed by atoms with Crippen molar-refractivity contribution in [3.05, 3.63) is 69.9 Å². The lowest BCUT2D eigenvalue weighted by molar-refractivity contribution is -0.120. The molecule has 4 aromatic rings. The number of ether oxygens (including phenoxy) is 3. The molecule has 3 aromatic carbocycles. The molecular weight excluding hydrogens is 580 g/mol. The molecule has 1 aromatic heterocycles. The van der Waals surface area contributed by atoms with Crippen molar-refractivity contribution in [2.45, 2.75) is 45.7 Å². The molecular formula is C33H36N4O6S. The van der Waals surface area contributed by atoms with Gasteiger partial charge in [0.2, 0.25) is 23.0 Å². The van der Waals surface area contributed by atoms with Crippen LogP contribution in [0.5, 0.6) is 17.2 Å². The molecule has 1 aliphatic carbocycles. The van der Waals surface area contributed by atoms with Crippen LogP contribution in [-0.2, 0) is 16.0 Å². The molecule has 2 amide bonds. The Morgan fingerprint density at radius 3 is 2.41 bits per heavy atom. The van der Waals surface area contributed by atoms with E-state index in [-0.39, 0.29) is 28.8 Å². The van der Waals surface area contributed by atoms with Gasteiger partial charge in [-0.1, -0.05) is 43.4 Å². The van der Waals surface area contributed by atoms with Gasteiger partial charge in [-0.2, -0.15) is 0 Å². The molecule has 0 fully saturated rings. The van der Waals surface area contributed by atoms with Crippen molar-refractivity contribution in [1.82, 2.24) is 10.3 Å². The van der Waals surface area contributed by atoms with Gasteiger partial charge in [0.25, 0.3) is 0 Å². The first kappa shape index (κ1) is 30.8. The molecule has 1 heterocycles. The standard InChI is InChI=1S/C33H36N4O6S/c1-17(2)29(32(40)37-33-36-24-9-7-8-10-27(24)44-33)35-23-14-12-20-21(16-25(23)39)22(34-18(3)38)13-11-19-15-26(41-4)30(42-5)31(43-6)28(19)20/h7-10,12,14-17,22,29H,11,13H2,1-6H3,(H,34,38)(H,35,39)(H,36,37,40)/t22-,29+/m1/s1. The number of hydrogen-bond acceptors (Lipinski definition) is 9. The maximum atomic E-state index is 13.8. The second-order valence-electron chi connectivity index (χ2n) is 10.9. The van der Waals surface area contributed by atoms with E-state index < -0.39 is 12.1 Å². The lowest BCUT2D eigenvalue weighted by atomic mass is 9.95. The molecule has 230 valence electrons. The zero-order valence-corrected chi connectivity index (χ0v) is 26.4. The summed E-state index contributed by atoms with van der Waals surface area (Å²) in [5.74, 6) is 0.751. The van der Waals surface area contributed by atoms with Crippen molar-refractivity contribution in [2.75, 3.05) is 32.0 Å². The van der Waals surface area contributed by atoms with Crippen LogP contribution in [0, 0.1) is 5.92 Å². The minimum atomic E-state index is -0.728. The summed E-state index contributed by atoms with van der Waals surface area (Å²) in [6, 6.07) is 13.4. The third kappa shape index (κ3) is 6.05. The van der Waals surface area contributed by atoms with Crippen LogP contribution < -0.4 is 35.6 Å². The van der Waals surface area contributed by atoms with Crippen LogP contribution in [0.2, 0.25) is 0 Å². The highest BCUT2D eigenvalue weighted by Crippen LogP contribution is 2.50. The smallest absolute Gasteiger partial charge is 0.248 e. The SMILES string of the molecule is COc1cc2c(c(OC)c1OC)-c1ccc(N[C@H](C(=O)Nc3nc4ccccc4s3)C(C)C)c(=O)cc1[C@H](NC(C)=O)CC2. The average molecular weight is 617 g/mol. The highest BCUT2D eigenvalue weighted by molar-refractivity contribution is 7.22. The van der Waals surface area contributed by atoms with Crippen LogP contribution in [0.4, 0.5) is 10.8 Å². The van der Waals surface area contributed by atoms with Crippen LogP contribution >= 0.6 is 11.3 Å². The van der Waals surface area contributed by atoms with E-state index in [4.69, 9.17) is 14.2 Å². The number of para-hydroxylation sites is 1. The molecule has 44 heavy (non-hydrogen) atoms. The van der Waals surface area contributed by atoms with Gasteiger partial charge in [-0.15, -0.1) is 0 Å². The Labute approximate surface area is 259 Å². The Bertz CT molecular complexity index is 1750. The topological polar surface area (TPSA) is 128 Å². The number of amides is 2. The van der Waals surface area contributed by atoms with Gasteiger partial charge in [0, 0.05) is 12.5 Å². The van der Waals surface area contributed by atoms with Gasteiger partial charge in [-0.25, -0.2) is 4.98 Å². The van der Waals surface area contributed by atoms with Gasteiger partial charge in [0.05, 0.1) is 43.3 Å². The van der Waals surface area contributed by atoms with Gasteiger partial charge < -0.3 is 30.2 Å². The monoisotopic (exact) mass is 616 g/mol. The molecule has 10 nitrogen and oxygen atoms in total. The van der Waals surface area contributed by atoms with Crippen molar-refractivity contribution in [3.8, 4) is 28.4 Å². The van der Waals surface area contributed by atoms with Crippen LogP contribution in [0.25, 0.3) is 21.3 Å². The van der Waals surface area contributed by atoms with E-state index in [1.807, 2.05) is 50.2 Å². The fourth-order valence-corrected chi connectivity index (χ4v) is 6.51. The number of benzene rings is 2. The van der Waals surface area contributed by atoms with Gasteiger partial charge in [-0.3, -0.25) is 14.4 Å². The molecule has 0 unspecified atom stereocenters. The molecule has 0 radical (unpaired) electrons. The minimum absolute atomic E-state index is 0.156. The number of anilines is 2. The van der Waals surface area contributed by atoms with Crippen LogP contribution in [0.3, 0.4) is 0 Å². The summed E-state index contributed by atoms with van der Waals surface area (Å²) < 4.78 is 18.1. The number of aromatic nitrogens is 1. The van der Waals surface area contributed by atoms with Gasteiger partial charge in [-0.05, 0) is 65.8 Å². The highest BCUT2D eigenvalue weighted by atomic mass is 32.1. The fourth-order valence-electron chi connectivity index (χ4n) is 5.64. The summed E-state index contributed by atoms with van der Waals surface area (Å²) in [4.78, 5) is 44.0. The molecule has 0 saturated heterocycles. The molecule has 0 saturated carbocycles. The molecule has 0 spiro atoms. The second-order valence-corrected chi connectivity index (χ2v) is 12.0. The van der Waals surface area contributed by atoms with E-state index in [1.165, 1.54) is 24.3 Å². The Kier molecular flexibility index (Phi) is 9.05. The number of fused-ring (bicyclic) bond motifs is 4. The summed E-state index contributed by atoms with van der Waals surface area (Å²) in [5, 5.41) is 9.62. The third-order valence-electron chi connectivity index (χ3n) is 7.70. The third-order valence-corrected chi connectivity index (χ3v) is 8.65. The summed E-state index contributed by atoms with van der Waals surface area (Å²) in [6.07, 6.45) is 1.14. The molecule has 1 aliphatic rings. The van der Waals surface area contributed by atoms with Crippen molar-refractivity contribution in [2.24, 2.45) is 5.92 Å². The lowest BCUT2D eigenvalue weighted by Crippen LogP contribution is -2.39. The molecule has 0 bridgehead atoms. The molecule has 3 N–H and O–H groups in total. The van der Waals surface area contributed by atoms with Crippen molar-refractivity contribution in [3.63, 3.8) is 0 Å². The van der Waals surface area contributed by atoms with E-state index >= 15 is 0 Å². The fraction of sp³-hybridized carbons (Fsp3) is 0.333. The molecule has 0 aliphatic heterocycles. The summed E-state index contributed by atoms with van der Waals surface area (Å²) in [5.41, 5.74) is 3.77. The summed E-state index contributed by atoms with van der Waals surface area (Å²) in [7, 11) is 4.66. The maximum absolute atomic E-state index is 13.8. The number of hydrogen-bond donors (Lipinski definition) is 3. The quantitative estimate of drug-likeness (QED) is 0.224. The number of thiazole rings is 1. The van der Waals surface area contributed by atoms with Crippen molar-refractivity contribution in [1.29, 1.82) is 0 Å². The number of aryl methyl sites for hydroxylation is 1. The number of carbonyl (C=O) groups is 2. The largest absolute Gasteiger partial charge is 0.493 e. The van der Waals surface area contributed by atoms with E-state index in [9.17, 15) is 14.4 Å². The van der Waals surface area contributed by atoms with E-state index in [0.717, 1.165) is 21.3 Å². The van der Waals surface area contributed by atoms with Gasteiger partial charge >= 0.3 is 0 Å². The molecule has 11 heteroatoms. The van der Waals surface area contributed by atoms with E-state index in [2.05, 4.69) is 20.9 Å². The van der Waals surface area contributed by atoms with Crippen LogP contribution in [-0.4, -0.2) is 44.2 Å². The zero-order chi connectivity index (χ0) is 31.5. The van der Waals surface area contributed by atoms with Crippen LogP contribution in [0.15, 0.2) is 53.3 Å². The van der Waals surface area contributed by atoms with Crippen molar-refractivity contribution >= 4 is 44.2 Å². The molecule has 2 atom stereocenters. The highest BCUT2D eigenvalue weighted by Gasteiger charge is 2.30. The predicted molar refractivity (Wildman–Crippen MR) is 173 cm³/mol. The number of nitrogens with zero attached hydrogens (tertiary/aromatic N) is 1. The number of methoxy groups -OCH3 is 3. The number of nitrogens with one attached hydrogen (secondary N) is 3. The average Bonchev–Trinajstić information content (AvgIpc) is 3.26. The van der Waals surface area contributed by atoms with Gasteiger partial charge in [0.15, 0.2) is 16.6 Å². The maximum Gasteiger partial charge on any atom is 0.248 e. The zero-order valence-electron chi connectivity index (χ0n) is 25.6. The Hall–Kier alpha value is -4.64. The number of carbonyl (C=O) groups excluding carboxylic acids is 2. The molecule has 5 rings (SSSR count). The Morgan fingerprint density at radius 1 is 1.00 bits per heavy atom.